The Bertz CT molecular complexity index is 587. The minimum Gasteiger partial charge on any atom is -0.495 e. The van der Waals surface area contributed by atoms with Gasteiger partial charge in [-0.15, -0.1) is 0 Å². The Kier molecular flexibility index (Phi) is 5.44. The van der Waals surface area contributed by atoms with Crippen molar-refractivity contribution in [1.82, 2.24) is 5.43 Å². The van der Waals surface area contributed by atoms with E-state index in [-0.39, 0.29) is 6.04 Å². The van der Waals surface area contributed by atoms with Gasteiger partial charge >= 0.3 is 0 Å². The van der Waals surface area contributed by atoms with E-state index in [1.54, 1.807) is 13.2 Å². The molecule has 2 rings (SSSR count). The van der Waals surface area contributed by atoms with Crippen LogP contribution in [0.1, 0.15) is 24.1 Å². The summed E-state index contributed by atoms with van der Waals surface area (Å²) in [5, 5.41) is 0.573. The average Bonchev–Trinajstić information content (AvgIpc) is 2.51. The van der Waals surface area contributed by atoms with Crippen LogP contribution in [0.5, 0.6) is 11.5 Å². The third-order valence-corrected chi connectivity index (χ3v) is 3.51. The van der Waals surface area contributed by atoms with Crippen molar-refractivity contribution < 1.29 is 9.47 Å². The van der Waals surface area contributed by atoms with Crippen molar-refractivity contribution in [3.63, 3.8) is 0 Å². The summed E-state index contributed by atoms with van der Waals surface area (Å²) in [5.41, 5.74) is 4.83. The summed E-state index contributed by atoms with van der Waals surface area (Å²) in [6.45, 7) is 2.60. The van der Waals surface area contributed by atoms with Crippen molar-refractivity contribution >= 4 is 11.6 Å². The van der Waals surface area contributed by atoms with E-state index in [2.05, 4.69) is 5.43 Å². The van der Waals surface area contributed by atoms with Gasteiger partial charge in [-0.25, -0.2) is 5.43 Å². The van der Waals surface area contributed by atoms with E-state index in [4.69, 9.17) is 26.9 Å². The van der Waals surface area contributed by atoms with Crippen LogP contribution in [-0.4, -0.2) is 13.7 Å². The van der Waals surface area contributed by atoms with Crippen molar-refractivity contribution in [3.8, 4) is 11.5 Å². The normalized spacial score (nSPS) is 12.0. The molecule has 1 unspecified atom stereocenters. The van der Waals surface area contributed by atoms with E-state index in [0.717, 1.165) is 16.9 Å². The molecule has 3 N–H and O–H groups in total. The molecule has 5 heteroatoms. The number of hydrogen-bond donors (Lipinski definition) is 2. The van der Waals surface area contributed by atoms with Gasteiger partial charge in [0.25, 0.3) is 0 Å². The van der Waals surface area contributed by atoms with Crippen LogP contribution in [-0.2, 0) is 0 Å². The first-order valence-corrected chi connectivity index (χ1v) is 7.09. The Morgan fingerprint density at radius 1 is 1.14 bits per heavy atom. The second kappa shape index (κ2) is 7.31. The summed E-state index contributed by atoms with van der Waals surface area (Å²) in [6, 6.07) is 13.3. The first-order valence-electron chi connectivity index (χ1n) is 6.72. The van der Waals surface area contributed by atoms with Gasteiger partial charge in [0.15, 0.2) is 0 Å². The predicted octanol–water partition coefficient (Wildman–Crippen LogP) is 3.30. The Balaban J connectivity index is 2.30. The third-order valence-electron chi connectivity index (χ3n) is 3.20. The monoisotopic (exact) mass is 306 g/mol. The van der Waals surface area contributed by atoms with Gasteiger partial charge in [-0.3, -0.25) is 5.84 Å². The predicted molar refractivity (Wildman–Crippen MR) is 84.8 cm³/mol. The lowest BCUT2D eigenvalue weighted by Crippen LogP contribution is -2.28. The van der Waals surface area contributed by atoms with Gasteiger partial charge < -0.3 is 9.47 Å². The van der Waals surface area contributed by atoms with Gasteiger partial charge in [0.1, 0.15) is 11.5 Å². The molecule has 0 radical (unpaired) electrons. The summed E-state index contributed by atoms with van der Waals surface area (Å²) in [7, 11) is 1.59. The van der Waals surface area contributed by atoms with Gasteiger partial charge in [0.05, 0.1) is 24.8 Å². The summed E-state index contributed by atoms with van der Waals surface area (Å²) < 4.78 is 10.7. The van der Waals surface area contributed by atoms with E-state index >= 15 is 0 Å². The molecule has 0 aliphatic carbocycles. The number of nitrogens with two attached hydrogens (primary N) is 1. The van der Waals surface area contributed by atoms with Crippen molar-refractivity contribution in [2.75, 3.05) is 13.7 Å². The molecule has 0 aromatic heterocycles. The van der Waals surface area contributed by atoms with E-state index < -0.39 is 0 Å². The van der Waals surface area contributed by atoms with Crippen LogP contribution >= 0.6 is 11.6 Å². The molecule has 0 saturated heterocycles. The highest BCUT2D eigenvalue weighted by Crippen LogP contribution is 2.30. The molecule has 1 atom stereocenters. The SMILES string of the molecule is CCOc1ccc(C(NN)c2ccc(Cl)c(OC)c2)cc1. The minimum absolute atomic E-state index is 0.146. The number of nitrogens with one attached hydrogen (secondary N) is 1. The molecule has 21 heavy (non-hydrogen) atoms. The van der Waals surface area contributed by atoms with Crippen LogP contribution in [0.15, 0.2) is 42.5 Å². The molecule has 0 spiro atoms. The highest BCUT2D eigenvalue weighted by Gasteiger charge is 2.14. The summed E-state index contributed by atoms with van der Waals surface area (Å²) in [5.74, 6) is 7.17. The maximum Gasteiger partial charge on any atom is 0.137 e. The number of hydrazine groups is 1. The van der Waals surface area contributed by atoms with Crippen molar-refractivity contribution in [1.29, 1.82) is 0 Å². The molecule has 0 aliphatic rings. The second-order valence-corrected chi connectivity index (χ2v) is 4.90. The van der Waals surface area contributed by atoms with Crippen LogP contribution in [0.4, 0.5) is 0 Å². The number of rotatable bonds is 6. The largest absolute Gasteiger partial charge is 0.495 e. The molecule has 0 saturated carbocycles. The number of benzene rings is 2. The van der Waals surface area contributed by atoms with Gasteiger partial charge in [0.2, 0.25) is 0 Å². The highest BCUT2D eigenvalue weighted by atomic mass is 35.5. The smallest absolute Gasteiger partial charge is 0.137 e. The second-order valence-electron chi connectivity index (χ2n) is 4.50. The highest BCUT2D eigenvalue weighted by molar-refractivity contribution is 6.32. The fourth-order valence-corrected chi connectivity index (χ4v) is 2.36. The van der Waals surface area contributed by atoms with E-state index in [1.165, 1.54) is 0 Å². The van der Waals surface area contributed by atoms with Gasteiger partial charge in [-0.1, -0.05) is 29.8 Å². The molecule has 0 aliphatic heterocycles. The van der Waals surface area contributed by atoms with Gasteiger partial charge in [-0.05, 0) is 42.3 Å². The van der Waals surface area contributed by atoms with Crippen LogP contribution in [0.3, 0.4) is 0 Å². The van der Waals surface area contributed by atoms with Gasteiger partial charge in [0, 0.05) is 0 Å². The minimum atomic E-state index is -0.146. The average molecular weight is 307 g/mol. The first-order chi connectivity index (χ1) is 10.2. The molecule has 2 aromatic carbocycles. The number of halogens is 1. The maximum absolute atomic E-state index is 6.05. The maximum atomic E-state index is 6.05. The van der Waals surface area contributed by atoms with Crippen molar-refractivity contribution in [3.05, 3.63) is 58.6 Å². The Labute approximate surface area is 129 Å². The first kappa shape index (κ1) is 15.6. The molecule has 112 valence electrons. The Morgan fingerprint density at radius 3 is 2.38 bits per heavy atom. The van der Waals surface area contributed by atoms with E-state index in [0.29, 0.717) is 17.4 Å². The number of hydrogen-bond acceptors (Lipinski definition) is 4. The standard InChI is InChI=1S/C16H19ClN2O2/c1-3-21-13-7-4-11(5-8-13)16(19-18)12-6-9-14(17)15(10-12)20-2/h4-10,16,19H,3,18H2,1-2H3. The fourth-order valence-electron chi connectivity index (χ4n) is 2.16. The van der Waals surface area contributed by atoms with Gasteiger partial charge in [-0.2, -0.15) is 0 Å². The van der Waals surface area contributed by atoms with Crippen LogP contribution < -0.4 is 20.7 Å². The topological polar surface area (TPSA) is 56.5 Å². The van der Waals surface area contributed by atoms with Crippen molar-refractivity contribution in [2.45, 2.75) is 13.0 Å². The molecule has 0 amide bonds. The third kappa shape index (κ3) is 3.67. The number of methoxy groups -OCH3 is 1. The summed E-state index contributed by atoms with van der Waals surface area (Å²) >= 11 is 6.05. The zero-order valence-electron chi connectivity index (χ0n) is 12.1. The summed E-state index contributed by atoms with van der Waals surface area (Å²) in [4.78, 5) is 0. The molecule has 0 fully saturated rings. The lowest BCUT2D eigenvalue weighted by atomic mass is 9.99. The van der Waals surface area contributed by atoms with Crippen molar-refractivity contribution in [2.24, 2.45) is 5.84 Å². The van der Waals surface area contributed by atoms with E-state index in [1.807, 2.05) is 43.3 Å². The quantitative estimate of drug-likeness (QED) is 0.635. The van der Waals surface area contributed by atoms with Crippen LogP contribution in [0, 0.1) is 0 Å². The van der Waals surface area contributed by atoms with Crippen LogP contribution in [0.2, 0.25) is 5.02 Å². The molecule has 0 heterocycles. The molecular formula is C16H19ClN2O2. The zero-order chi connectivity index (χ0) is 15.2. The molecule has 4 nitrogen and oxygen atoms in total. The number of ether oxygens (including phenoxy) is 2. The fraction of sp³-hybridized carbons (Fsp3) is 0.250. The lowest BCUT2D eigenvalue weighted by Gasteiger charge is -2.18. The zero-order valence-corrected chi connectivity index (χ0v) is 12.9. The summed E-state index contributed by atoms with van der Waals surface area (Å²) in [6.07, 6.45) is 0. The molecule has 0 bridgehead atoms. The van der Waals surface area contributed by atoms with Crippen LogP contribution in [0.25, 0.3) is 0 Å². The lowest BCUT2D eigenvalue weighted by molar-refractivity contribution is 0.340. The molecular weight excluding hydrogens is 288 g/mol. The van der Waals surface area contributed by atoms with E-state index in [9.17, 15) is 0 Å². The molecule has 2 aromatic rings. The Hall–Kier alpha value is -1.75. The Morgan fingerprint density at radius 2 is 1.81 bits per heavy atom.